The quantitative estimate of drug-likeness (QED) is 0.611. The molecule has 0 saturated carbocycles. The number of rotatable bonds is 2. The van der Waals surface area contributed by atoms with Crippen molar-refractivity contribution in [1.82, 2.24) is 4.98 Å². The lowest BCUT2D eigenvalue weighted by Crippen LogP contribution is -1.99. The van der Waals surface area contributed by atoms with E-state index in [4.69, 9.17) is 0 Å². The molecule has 3 rings (SSSR count). The fourth-order valence-electron chi connectivity index (χ4n) is 2.47. The number of aryl methyl sites for hydroxylation is 1. The summed E-state index contributed by atoms with van der Waals surface area (Å²) in [5, 5.41) is 11.1. The fraction of sp³-hybridized carbons (Fsp3) is 0.143. The molecule has 0 bridgehead atoms. The zero-order chi connectivity index (χ0) is 15.1. The lowest BCUT2D eigenvalue weighted by Gasteiger charge is -2.06. The standard InChI is InChI=1S/C14H8BrFN2O3/c15-9-5-11(18(20)21)14(17-6-9)8-3-7-1-2-12(19)13(7)10(16)4-8/h3-6H,1-2H2. The van der Waals surface area contributed by atoms with Gasteiger partial charge in [-0.25, -0.2) is 9.37 Å². The number of carbonyl (C=O) groups is 1. The summed E-state index contributed by atoms with van der Waals surface area (Å²) >= 11 is 3.12. The zero-order valence-electron chi connectivity index (χ0n) is 10.6. The molecule has 0 fully saturated rings. The van der Waals surface area contributed by atoms with Crippen molar-refractivity contribution in [3.63, 3.8) is 0 Å². The minimum absolute atomic E-state index is 0.0873. The highest BCUT2D eigenvalue weighted by molar-refractivity contribution is 9.10. The topological polar surface area (TPSA) is 73.1 Å². The van der Waals surface area contributed by atoms with Gasteiger partial charge in [-0.1, -0.05) is 0 Å². The van der Waals surface area contributed by atoms with Crippen molar-refractivity contribution >= 4 is 27.4 Å². The third-order valence-corrected chi connectivity index (χ3v) is 3.81. The van der Waals surface area contributed by atoms with E-state index in [1.54, 1.807) is 6.07 Å². The summed E-state index contributed by atoms with van der Waals surface area (Å²) < 4.78 is 14.5. The van der Waals surface area contributed by atoms with Crippen LogP contribution in [0.2, 0.25) is 0 Å². The van der Waals surface area contributed by atoms with E-state index in [2.05, 4.69) is 20.9 Å². The van der Waals surface area contributed by atoms with Gasteiger partial charge in [0.1, 0.15) is 11.5 Å². The maximum absolute atomic E-state index is 14.1. The van der Waals surface area contributed by atoms with E-state index in [-0.39, 0.29) is 29.1 Å². The summed E-state index contributed by atoms with van der Waals surface area (Å²) in [7, 11) is 0. The summed E-state index contributed by atoms with van der Waals surface area (Å²) in [6, 6.07) is 4.05. The number of fused-ring (bicyclic) bond motifs is 1. The molecule has 0 unspecified atom stereocenters. The molecule has 0 radical (unpaired) electrons. The van der Waals surface area contributed by atoms with Crippen LogP contribution in [-0.4, -0.2) is 15.7 Å². The number of nitrogens with zero attached hydrogens (tertiary/aromatic N) is 2. The van der Waals surface area contributed by atoms with Crippen LogP contribution in [0, 0.1) is 15.9 Å². The number of hydrogen-bond donors (Lipinski definition) is 0. The molecule has 1 aliphatic carbocycles. The molecule has 2 aromatic rings. The molecule has 1 aromatic heterocycles. The average molecular weight is 351 g/mol. The fourth-order valence-corrected chi connectivity index (χ4v) is 2.79. The predicted octanol–water partition coefficient (Wildman–Crippen LogP) is 3.69. The molecular formula is C14H8BrFN2O3. The molecule has 0 saturated heterocycles. The largest absolute Gasteiger partial charge is 0.296 e. The second kappa shape index (κ2) is 5.00. The summed E-state index contributed by atoms with van der Waals surface area (Å²) in [4.78, 5) is 26.1. The Kier molecular flexibility index (Phi) is 3.29. The number of benzene rings is 1. The highest BCUT2D eigenvalue weighted by atomic mass is 79.9. The Morgan fingerprint density at radius 3 is 2.76 bits per heavy atom. The van der Waals surface area contributed by atoms with Crippen LogP contribution < -0.4 is 0 Å². The Balaban J connectivity index is 2.21. The van der Waals surface area contributed by atoms with E-state index in [0.29, 0.717) is 22.0 Å². The Hall–Kier alpha value is -2.15. The third-order valence-electron chi connectivity index (χ3n) is 3.38. The smallest absolute Gasteiger partial charge is 0.294 e. The van der Waals surface area contributed by atoms with Crippen LogP contribution in [0.5, 0.6) is 0 Å². The van der Waals surface area contributed by atoms with Gasteiger partial charge in [0.25, 0.3) is 5.69 Å². The maximum atomic E-state index is 14.1. The van der Waals surface area contributed by atoms with Crippen molar-refractivity contribution in [2.75, 3.05) is 0 Å². The van der Waals surface area contributed by atoms with E-state index in [0.717, 1.165) is 6.07 Å². The number of hydrogen-bond acceptors (Lipinski definition) is 4. The van der Waals surface area contributed by atoms with Crippen LogP contribution >= 0.6 is 15.9 Å². The van der Waals surface area contributed by atoms with Crippen molar-refractivity contribution < 1.29 is 14.1 Å². The second-order valence-corrected chi connectivity index (χ2v) is 5.61. The van der Waals surface area contributed by atoms with Gasteiger partial charge in [-0.15, -0.1) is 0 Å². The molecule has 7 heteroatoms. The van der Waals surface area contributed by atoms with Crippen molar-refractivity contribution in [2.45, 2.75) is 12.8 Å². The SMILES string of the molecule is O=C1CCc2cc(-c3ncc(Br)cc3[N+](=O)[O-])cc(F)c21. The first-order valence-electron chi connectivity index (χ1n) is 6.13. The van der Waals surface area contributed by atoms with E-state index < -0.39 is 10.7 Å². The molecule has 5 nitrogen and oxygen atoms in total. The van der Waals surface area contributed by atoms with Crippen LogP contribution in [0.4, 0.5) is 10.1 Å². The second-order valence-electron chi connectivity index (χ2n) is 4.69. The monoisotopic (exact) mass is 350 g/mol. The molecule has 0 aliphatic heterocycles. The molecule has 106 valence electrons. The highest BCUT2D eigenvalue weighted by Crippen LogP contribution is 2.34. The van der Waals surface area contributed by atoms with E-state index >= 15 is 0 Å². The lowest BCUT2D eigenvalue weighted by atomic mass is 10.0. The number of pyridine rings is 1. The first-order chi connectivity index (χ1) is 9.97. The van der Waals surface area contributed by atoms with Crippen LogP contribution in [0.15, 0.2) is 28.9 Å². The number of halogens is 2. The van der Waals surface area contributed by atoms with Gasteiger partial charge in [-0.3, -0.25) is 14.9 Å². The Morgan fingerprint density at radius 1 is 1.29 bits per heavy atom. The van der Waals surface area contributed by atoms with Gasteiger partial charge < -0.3 is 0 Å². The molecule has 1 aliphatic rings. The van der Waals surface area contributed by atoms with Crippen LogP contribution in [0.1, 0.15) is 22.3 Å². The summed E-state index contributed by atoms with van der Waals surface area (Å²) in [5.74, 6) is -0.878. The number of Topliss-reactive ketones (excluding diaryl/α,β-unsaturated/α-hetero) is 1. The Morgan fingerprint density at radius 2 is 2.05 bits per heavy atom. The Labute approximate surface area is 127 Å². The lowest BCUT2D eigenvalue weighted by molar-refractivity contribution is -0.384. The number of carbonyl (C=O) groups excluding carboxylic acids is 1. The average Bonchev–Trinajstić information content (AvgIpc) is 2.80. The summed E-state index contributed by atoms with van der Waals surface area (Å²) in [6.45, 7) is 0. The molecule has 0 N–H and O–H groups in total. The van der Waals surface area contributed by atoms with Gasteiger partial charge in [0, 0.05) is 28.7 Å². The number of aromatic nitrogens is 1. The number of ketones is 1. The Bertz CT molecular complexity index is 792. The van der Waals surface area contributed by atoms with Crippen molar-refractivity contribution in [1.29, 1.82) is 0 Å². The normalized spacial score (nSPS) is 13.3. The van der Waals surface area contributed by atoms with Gasteiger partial charge >= 0.3 is 0 Å². The first-order valence-corrected chi connectivity index (χ1v) is 6.92. The maximum Gasteiger partial charge on any atom is 0.296 e. The molecule has 0 spiro atoms. The molecule has 0 amide bonds. The molecule has 21 heavy (non-hydrogen) atoms. The predicted molar refractivity (Wildman–Crippen MR) is 76.6 cm³/mol. The first kappa shape index (κ1) is 13.8. The summed E-state index contributed by atoms with van der Waals surface area (Å²) in [6.07, 6.45) is 2.13. The van der Waals surface area contributed by atoms with Crippen LogP contribution in [0.3, 0.4) is 0 Å². The van der Waals surface area contributed by atoms with Crippen molar-refractivity contribution in [3.8, 4) is 11.3 Å². The minimum atomic E-state index is -0.649. The zero-order valence-corrected chi connectivity index (χ0v) is 12.2. The van der Waals surface area contributed by atoms with Gasteiger partial charge in [0.15, 0.2) is 5.78 Å². The van der Waals surface area contributed by atoms with Gasteiger partial charge in [-0.05, 0) is 40.0 Å². The van der Waals surface area contributed by atoms with Gasteiger partial charge in [0.2, 0.25) is 0 Å². The molecule has 1 aromatic carbocycles. The number of nitro groups is 1. The third kappa shape index (κ3) is 2.33. The van der Waals surface area contributed by atoms with E-state index in [1.807, 2.05) is 0 Å². The van der Waals surface area contributed by atoms with Gasteiger partial charge in [-0.2, -0.15) is 0 Å². The molecule has 1 heterocycles. The van der Waals surface area contributed by atoms with E-state index in [1.165, 1.54) is 12.3 Å². The van der Waals surface area contributed by atoms with Gasteiger partial charge in [0.05, 0.1) is 10.5 Å². The minimum Gasteiger partial charge on any atom is -0.294 e. The van der Waals surface area contributed by atoms with Crippen molar-refractivity contribution in [3.05, 3.63) is 55.9 Å². The van der Waals surface area contributed by atoms with E-state index in [9.17, 15) is 19.3 Å². The van der Waals surface area contributed by atoms with Crippen molar-refractivity contribution in [2.24, 2.45) is 0 Å². The highest BCUT2D eigenvalue weighted by Gasteiger charge is 2.26. The molecule has 0 atom stereocenters. The van der Waals surface area contributed by atoms with Crippen LogP contribution in [0.25, 0.3) is 11.3 Å². The summed E-state index contributed by atoms with van der Waals surface area (Å²) in [5.41, 5.74) is 0.852. The van der Waals surface area contributed by atoms with Crippen LogP contribution in [-0.2, 0) is 6.42 Å². The molecular weight excluding hydrogens is 343 g/mol.